The highest BCUT2D eigenvalue weighted by molar-refractivity contribution is 5.89. The van der Waals surface area contributed by atoms with Gasteiger partial charge in [0.15, 0.2) is 0 Å². The lowest BCUT2D eigenvalue weighted by Gasteiger charge is -2.29. The summed E-state index contributed by atoms with van der Waals surface area (Å²) in [5.41, 5.74) is -0.00638. The quantitative estimate of drug-likeness (QED) is 0.634. The van der Waals surface area contributed by atoms with E-state index in [9.17, 15) is 14.7 Å². The molecule has 0 heterocycles. The summed E-state index contributed by atoms with van der Waals surface area (Å²) in [6.45, 7) is 10.6. The van der Waals surface area contributed by atoms with Gasteiger partial charge in [0.1, 0.15) is 6.04 Å². The molecule has 5 nitrogen and oxygen atoms in total. The second-order valence-electron chi connectivity index (χ2n) is 7.48. The van der Waals surface area contributed by atoms with Gasteiger partial charge in [-0.15, -0.1) is 0 Å². The third kappa shape index (κ3) is 6.46. The molecule has 0 spiro atoms. The molecule has 2 atom stereocenters. The number of hydrogen-bond acceptors (Lipinski definition) is 3. The van der Waals surface area contributed by atoms with Crippen LogP contribution in [-0.4, -0.2) is 35.6 Å². The first-order valence-corrected chi connectivity index (χ1v) is 7.88. The summed E-state index contributed by atoms with van der Waals surface area (Å²) in [5.74, 6) is 0.142. The molecule has 0 aromatic carbocycles. The van der Waals surface area contributed by atoms with E-state index in [1.165, 1.54) is 6.92 Å². The van der Waals surface area contributed by atoms with Gasteiger partial charge < -0.3 is 15.7 Å². The van der Waals surface area contributed by atoms with Crippen LogP contribution < -0.4 is 10.6 Å². The second-order valence-corrected chi connectivity index (χ2v) is 7.48. The van der Waals surface area contributed by atoms with Crippen LogP contribution in [-0.2, 0) is 9.59 Å². The molecule has 0 saturated heterocycles. The van der Waals surface area contributed by atoms with Crippen molar-refractivity contribution in [3.05, 3.63) is 0 Å². The molecule has 2 amide bonds. The molecule has 0 aromatic rings. The fraction of sp³-hybridized carbons (Fsp3) is 0.875. The molecular weight excluding hydrogens is 268 g/mol. The zero-order valence-corrected chi connectivity index (χ0v) is 13.9. The Kier molecular flexibility index (Phi) is 6.20. The Balaban J connectivity index is 2.50. The normalized spacial score (nSPS) is 18.2. The minimum Gasteiger partial charge on any atom is -0.391 e. The van der Waals surface area contributed by atoms with Crippen LogP contribution in [0.5, 0.6) is 0 Å². The molecule has 3 N–H and O–H groups in total. The lowest BCUT2D eigenvalue weighted by atomic mass is 9.84. The molecule has 0 radical (unpaired) electrons. The van der Waals surface area contributed by atoms with Gasteiger partial charge in [-0.3, -0.25) is 9.59 Å². The summed E-state index contributed by atoms with van der Waals surface area (Å²) in [6, 6.07) is -0.868. The van der Waals surface area contributed by atoms with Crippen molar-refractivity contribution in [2.75, 3.05) is 6.54 Å². The van der Waals surface area contributed by atoms with E-state index in [0.29, 0.717) is 12.5 Å². The second kappa shape index (κ2) is 7.25. The number of aliphatic hydroxyl groups excluding tert-OH is 1. The maximum atomic E-state index is 12.2. The van der Waals surface area contributed by atoms with Gasteiger partial charge in [0.05, 0.1) is 6.10 Å². The molecule has 5 heteroatoms. The fourth-order valence-corrected chi connectivity index (χ4v) is 2.64. The molecule has 1 rings (SSSR count). The van der Waals surface area contributed by atoms with Crippen molar-refractivity contribution in [3.63, 3.8) is 0 Å². The highest BCUT2D eigenvalue weighted by atomic mass is 16.3. The smallest absolute Gasteiger partial charge is 0.245 e. The topological polar surface area (TPSA) is 78.4 Å². The maximum Gasteiger partial charge on any atom is 0.245 e. The van der Waals surface area contributed by atoms with E-state index in [1.807, 2.05) is 0 Å². The molecular formula is C16H30N2O3. The Morgan fingerprint density at radius 3 is 2.24 bits per heavy atom. The Hall–Kier alpha value is -1.10. The summed E-state index contributed by atoms with van der Waals surface area (Å²) in [5, 5.41) is 15.2. The number of rotatable bonds is 8. The van der Waals surface area contributed by atoms with E-state index in [1.54, 1.807) is 0 Å². The average Bonchev–Trinajstić information content (AvgIpc) is 3.14. The van der Waals surface area contributed by atoms with E-state index in [-0.39, 0.29) is 23.1 Å². The minimum absolute atomic E-state index is 0.00638. The van der Waals surface area contributed by atoms with E-state index in [0.717, 1.165) is 19.3 Å². The predicted octanol–water partition coefficient (Wildman–Crippen LogP) is 1.45. The molecule has 2 unspecified atom stereocenters. The molecule has 21 heavy (non-hydrogen) atoms. The minimum atomic E-state index is -0.902. The Labute approximate surface area is 127 Å². The van der Waals surface area contributed by atoms with Crippen LogP contribution >= 0.6 is 0 Å². The number of aliphatic hydroxyl groups is 1. The monoisotopic (exact) mass is 298 g/mol. The lowest BCUT2D eigenvalue weighted by molar-refractivity contribution is -0.132. The van der Waals surface area contributed by atoms with E-state index in [2.05, 4.69) is 38.3 Å². The van der Waals surface area contributed by atoms with Crippen molar-refractivity contribution in [1.29, 1.82) is 0 Å². The van der Waals surface area contributed by atoms with Crippen LogP contribution in [0, 0.1) is 17.3 Å². The predicted molar refractivity (Wildman–Crippen MR) is 82.6 cm³/mol. The van der Waals surface area contributed by atoms with Crippen molar-refractivity contribution < 1.29 is 14.7 Å². The highest BCUT2D eigenvalue weighted by Gasteiger charge is 2.34. The molecule has 1 fully saturated rings. The summed E-state index contributed by atoms with van der Waals surface area (Å²) in [7, 11) is 0. The van der Waals surface area contributed by atoms with Gasteiger partial charge in [-0.2, -0.15) is 0 Å². The van der Waals surface area contributed by atoms with Gasteiger partial charge in [-0.05, 0) is 37.5 Å². The first-order chi connectivity index (χ1) is 9.62. The molecule has 1 saturated carbocycles. The Bertz CT molecular complexity index is 374. The van der Waals surface area contributed by atoms with Crippen molar-refractivity contribution in [3.8, 4) is 0 Å². The van der Waals surface area contributed by atoms with Gasteiger partial charge in [-0.25, -0.2) is 0 Å². The van der Waals surface area contributed by atoms with Crippen LogP contribution in [0.4, 0.5) is 0 Å². The third-order valence-corrected chi connectivity index (χ3v) is 3.71. The zero-order chi connectivity index (χ0) is 16.2. The van der Waals surface area contributed by atoms with Crippen molar-refractivity contribution in [2.24, 2.45) is 17.3 Å². The summed E-state index contributed by atoms with van der Waals surface area (Å²) < 4.78 is 0. The zero-order valence-electron chi connectivity index (χ0n) is 13.9. The van der Waals surface area contributed by atoms with E-state index >= 15 is 0 Å². The molecule has 122 valence electrons. The first-order valence-electron chi connectivity index (χ1n) is 7.88. The summed E-state index contributed by atoms with van der Waals surface area (Å²) >= 11 is 0. The molecule has 0 bridgehead atoms. The van der Waals surface area contributed by atoms with Gasteiger partial charge in [0.25, 0.3) is 0 Å². The van der Waals surface area contributed by atoms with Crippen LogP contribution in [0.25, 0.3) is 0 Å². The van der Waals surface area contributed by atoms with E-state index < -0.39 is 12.1 Å². The summed E-state index contributed by atoms with van der Waals surface area (Å²) in [6.07, 6.45) is 1.85. The average molecular weight is 298 g/mol. The number of carbonyl (C=O) groups is 2. The van der Waals surface area contributed by atoms with Crippen molar-refractivity contribution in [1.82, 2.24) is 10.6 Å². The van der Waals surface area contributed by atoms with Gasteiger partial charge >= 0.3 is 0 Å². The SMILES string of the molecule is CC(C)CC(C)(C)CNC(=O)C(NC(=O)C1CC1)C(C)O. The standard InChI is InChI=1S/C16H30N2O3/c1-10(2)8-16(4,5)9-17-15(21)13(11(3)19)18-14(20)12-6-7-12/h10-13,19H,6-9H2,1-5H3,(H,17,21)(H,18,20). The third-order valence-electron chi connectivity index (χ3n) is 3.71. The fourth-order valence-electron chi connectivity index (χ4n) is 2.64. The highest BCUT2D eigenvalue weighted by Crippen LogP contribution is 2.29. The van der Waals surface area contributed by atoms with Crippen LogP contribution in [0.15, 0.2) is 0 Å². The molecule has 1 aliphatic carbocycles. The lowest BCUT2D eigenvalue weighted by Crippen LogP contribution is -2.54. The largest absolute Gasteiger partial charge is 0.391 e. The number of carbonyl (C=O) groups excluding carboxylic acids is 2. The number of amides is 2. The molecule has 0 aliphatic heterocycles. The van der Waals surface area contributed by atoms with Gasteiger partial charge in [0.2, 0.25) is 11.8 Å². The van der Waals surface area contributed by atoms with Crippen LogP contribution in [0.1, 0.15) is 53.9 Å². The Morgan fingerprint density at radius 2 is 1.81 bits per heavy atom. The van der Waals surface area contributed by atoms with Gasteiger partial charge in [0, 0.05) is 12.5 Å². The van der Waals surface area contributed by atoms with Crippen LogP contribution in [0.3, 0.4) is 0 Å². The van der Waals surface area contributed by atoms with Gasteiger partial charge in [-0.1, -0.05) is 27.7 Å². The molecule has 0 aromatic heterocycles. The van der Waals surface area contributed by atoms with Crippen LogP contribution in [0.2, 0.25) is 0 Å². The number of hydrogen-bond donors (Lipinski definition) is 3. The van der Waals surface area contributed by atoms with E-state index in [4.69, 9.17) is 0 Å². The maximum absolute atomic E-state index is 12.2. The number of nitrogens with one attached hydrogen (secondary N) is 2. The first kappa shape index (κ1) is 18.0. The molecule has 1 aliphatic rings. The van der Waals surface area contributed by atoms with Crippen molar-refractivity contribution >= 4 is 11.8 Å². The summed E-state index contributed by atoms with van der Waals surface area (Å²) in [4.78, 5) is 24.0. The van der Waals surface area contributed by atoms with Crippen molar-refractivity contribution in [2.45, 2.75) is 66.0 Å². The Morgan fingerprint density at radius 1 is 1.24 bits per heavy atom.